The molecule has 0 saturated carbocycles. The standard InChI is InChI=1S/C27H43N3O5S/c1-8-11-19(3)28-24(32)23(21-13-10-12-20(9-2)18-21)30(15-16-31)25(33)22(14-17-36-7)29-26(34)35-27(4,5)6/h9-10,12-13,18-19,22-23,31H,2,8,11,14-17H2,1,3-7H3,(H,28,32)(H,29,34). The molecule has 0 heterocycles. The molecule has 1 rings (SSSR count). The van der Waals surface area contributed by atoms with Gasteiger partial charge in [0.1, 0.15) is 17.7 Å². The van der Waals surface area contributed by atoms with Gasteiger partial charge in [0.15, 0.2) is 0 Å². The van der Waals surface area contributed by atoms with Crippen LogP contribution in [0, 0.1) is 0 Å². The maximum Gasteiger partial charge on any atom is 0.408 e. The summed E-state index contributed by atoms with van der Waals surface area (Å²) in [5, 5.41) is 15.6. The summed E-state index contributed by atoms with van der Waals surface area (Å²) in [7, 11) is 0. The first-order valence-electron chi connectivity index (χ1n) is 12.4. The van der Waals surface area contributed by atoms with Crippen LogP contribution in [0.25, 0.3) is 6.08 Å². The molecule has 0 aliphatic carbocycles. The third kappa shape index (κ3) is 10.6. The second-order valence-corrected chi connectivity index (χ2v) is 10.7. The molecule has 0 bridgehead atoms. The zero-order chi connectivity index (χ0) is 27.3. The Morgan fingerprint density at radius 1 is 1.22 bits per heavy atom. The average molecular weight is 522 g/mol. The Hall–Kier alpha value is -2.52. The largest absolute Gasteiger partial charge is 0.444 e. The van der Waals surface area contributed by atoms with E-state index >= 15 is 0 Å². The predicted molar refractivity (Wildman–Crippen MR) is 147 cm³/mol. The highest BCUT2D eigenvalue weighted by Crippen LogP contribution is 2.25. The number of benzene rings is 1. The SMILES string of the molecule is C=Cc1cccc(C(C(=O)NC(C)CCC)N(CCO)C(=O)C(CCSC)NC(=O)OC(C)(C)C)c1. The molecular formula is C27H43N3O5S. The van der Waals surface area contributed by atoms with Gasteiger partial charge in [0.05, 0.1) is 6.61 Å². The average Bonchev–Trinajstić information content (AvgIpc) is 2.80. The maximum absolute atomic E-state index is 13.9. The number of nitrogens with zero attached hydrogens (tertiary/aromatic N) is 1. The lowest BCUT2D eigenvalue weighted by Crippen LogP contribution is -2.54. The van der Waals surface area contributed by atoms with Crippen LogP contribution in [0.4, 0.5) is 4.79 Å². The number of alkyl carbamates (subject to hydrolysis) is 1. The van der Waals surface area contributed by atoms with Crippen LogP contribution in [-0.2, 0) is 14.3 Å². The van der Waals surface area contributed by atoms with E-state index in [1.54, 1.807) is 45.0 Å². The van der Waals surface area contributed by atoms with Crippen molar-refractivity contribution in [2.24, 2.45) is 0 Å². The molecule has 1 aromatic carbocycles. The highest BCUT2D eigenvalue weighted by molar-refractivity contribution is 7.98. The molecule has 9 heteroatoms. The summed E-state index contributed by atoms with van der Waals surface area (Å²) in [6.07, 6.45) is 4.89. The Bertz CT molecular complexity index is 871. The molecule has 0 aliphatic heterocycles. The number of rotatable bonds is 14. The van der Waals surface area contributed by atoms with Gasteiger partial charge in [0.2, 0.25) is 11.8 Å². The van der Waals surface area contributed by atoms with Crippen molar-refractivity contribution in [1.82, 2.24) is 15.5 Å². The number of amides is 3. The van der Waals surface area contributed by atoms with Crippen LogP contribution < -0.4 is 10.6 Å². The summed E-state index contributed by atoms with van der Waals surface area (Å²) in [4.78, 5) is 41.3. The van der Waals surface area contributed by atoms with Gasteiger partial charge in [-0.25, -0.2) is 4.79 Å². The lowest BCUT2D eigenvalue weighted by molar-refractivity contribution is -0.143. The van der Waals surface area contributed by atoms with E-state index in [-0.39, 0.29) is 25.1 Å². The minimum absolute atomic E-state index is 0.0802. The fraction of sp³-hybridized carbons (Fsp3) is 0.593. The first-order chi connectivity index (χ1) is 17.0. The van der Waals surface area contributed by atoms with E-state index in [1.165, 1.54) is 16.7 Å². The fourth-order valence-corrected chi connectivity index (χ4v) is 4.24. The van der Waals surface area contributed by atoms with E-state index in [0.717, 1.165) is 18.4 Å². The number of aliphatic hydroxyl groups excluding tert-OH is 1. The molecule has 0 aromatic heterocycles. The van der Waals surface area contributed by atoms with Crippen molar-refractivity contribution in [3.63, 3.8) is 0 Å². The molecule has 0 saturated heterocycles. The lowest BCUT2D eigenvalue weighted by Gasteiger charge is -2.34. The van der Waals surface area contributed by atoms with E-state index in [9.17, 15) is 19.5 Å². The summed E-state index contributed by atoms with van der Waals surface area (Å²) in [6, 6.07) is 5.22. The Morgan fingerprint density at radius 2 is 1.92 bits per heavy atom. The molecule has 0 spiro atoms. The predicted octanol–water partition coefficient (Wildman–Crippen LogP) is 4.14. The zero-order valence-corrected chi connectivity index (χ0v) is 23.3. The maximum atomic E-state index is 13.9. The van der Waals surface area contributed by atoms with Crippen LogP contribution in [-0.4, -0.2) is 70.8 Å². The number of carbonyl (C=O) groups is 3. The van der Waals surface area contributed by atoms with Crippen LogP contribution in [0.5, 0.6) is 0 Å². The monoisotopic (exact) mass is 521 g/mol. The first kappa shape index (κ1) is 31.5. The molecule has 0 radical (unpaired) electrons. The normalized spacial score (nSPS) is 13.8. The second kappa shape index (κ2) is 15.6. The van der Waals surface area contributed by atoms with Gasteiger partial charge in [0.25, 0.3) is 0 Å². The molecule has 1 aromatic rings. The smallest absolute Gasteiger partial charge is 0.408 e. The quantitative estimate of drug-likeness (QED) is 0.340. The van der Waals surface area contributed by atoms with Crippen LogP contribution in [0.2, 0.25) is 0 Å². The number of hydrogen-bond acceptors (Lipinski definition) is 6. The molecule has 3 amide bonds. The molecule has 3 unspecified atom stereocenters. The minimum atomic E-state index is -0.999. The summed E-state index contributed by atoms with van der Waals surface area (Å²) < 4.78 is 5.37. The number of thioether (sulfide) groups is 1. The molecule has 8 nitrogen and oxygen atoms in total. The third-order valence-electron chi connectivity index (χ3n) is 5.36. The number of hydrogen-bond donors (Lipinski definition) is 3. The molecule has 36 heavy (non-hydrogen) atoms. The van der Waals surface area contributed by atoms with Crippen LogP contribution in [0.15, 0.2) is 30.8 Å². The van der Waals surface area contributed by atoms with Gasteiger partial charge in [-0.2, -0.15) is 11.8 Å². The topological polar surface area (TPSA) is 108 Å². The van der Waals surface area contributed by atoms with E-state index in [2.05, 4.69) is 17.2 Å². The van der Waals surface area contributed by atoms with Crippen LogP contribution in [0.1, 0.15) is 71.0 Å². The van der Waals surface area contributed by atoms with Crippen molar-refractivity contribution in [2.45, 2.75) is 77.6 Å². The number of carbonyl (C=O) groups excluding carboxylic acids is 3. The van der Waals surface area contributed by atoms with Gasteiger partial charge in [-0.1, -0.05) is 44.2 Å². The van der Waals surface area contributed by atoms with Gasteiger partial charge < -0.3 is 25.4 Å². The van der Waals surface area contributed by atoms with Crippen molar-refractivity contribution < 1.29 is 24.2 Å². The summed E-state index contributed by atoms with van der Waals surface area (Å²) >= 11 is 1.54. The van der Waals surface area contributed by atoms with Gasteiger partial charge >= 0.3 is 6.09 Å². The lowest BCUT2D eigenvalue weighted by atomic mass is 9.99. The third-order valence-corrected chi connectivity index (χ3v) is 6.00. The number of nitrogens with one attached hydrogen (secondary N) is 2. The second-order valence-electron chi connectivity index (χ2n) is 9.71. The number of aliphatic hydroxyl groups is 1. The van der Waals surface area contributed by atoms with Crippen LogP contribution in [0.3, 0.4) is 0 Å². The molecule has 202 valence electrons. The highest BCUT2D eigenvalue weighted by Gasteiger charge is 2.36. The van der Waals surface area contributed by atoms with Gasteiger partial charge in [-0.05, 0) is 69.7 Å². The van der Waals surface area contributed by atoms with Gasteiger partial charge in [0, 0.05) is 12.6 Å². The van der Waals surface area contributed by atoms with Crippen molar-refractivity contribution in [2.75, 3.05) is 25.2 Å². The first-order valence-corrected chi connectivity index (χ1v) is 13.8. The van der Waals surface area contributed by atoms with E-state index in [4.69, 9.17) is 4.74 Å². The van der Waals surface area contributed by atoms with E-state index in [0.29, 0.717) is 17.7 Å². The minimum Gasteiger partial charge on any atom is -0.444 e. The van der Waals surface area contributed by atoms with Gasteiger partial charge in [-0.3, -0.25) is 9.59 Å². The Balaban J connectivity index is 3.45. The van der Waals surface area contributed by atoms with Crippen molar-refractivity contribution in [1.29, 1.82) is 0 Å². The van der Waals surface area contributed by atoms with Crippen LogP contribution >= 0.6 is 11.8 Å². The Kier molecular flexibility index (Phi) is 13.6. The summed E-state index contributed by atoms with van der Waals surface area (Å²) in [5.74, 6) is -0.202. The molecule has 0 aliphatic rings. The molecule has 0 fully saturated rings. The highest BCUT2D eigenvalue weighted by atomic mass is 32.2. The Morgan fingerprint density at radius 3 is 2.47 bits per heavy atom. The van der Waals surface area contributed by atoms with E-state index < -0.39 is 29.7 Å². The van der Waals surface area contributed by atoms with Gasteiger partial charge in [-0.15, -0.1) is 0 Å². The van der Waals surface area contributed by atoms with Crippen molar-refractivity contribution in [3.05, 3.63) is 42.0 Å². The van der Waals surface area contributed by atoms with Crippen molar-refractivity contribution in [3.8, 4) is 0 Å². The molecular weight excluding hydrogens is 478 g/mol. The number of ether oxygens (including phenoxy) is 1. The zero-order valence-electron chi connectivity index (χ0n) is 22.5. The molecule has 3 atom stereocenters. The molecule has 3 N–H and O–H groups in total. The fourth-order valence-electron chi connectivity index (χ4n) is 3.77. The summed E-state index contributed by atoms with van der Waals surface area (Å²) in [5.41, 5.74) is 0.663. The van der Waals surface area contributed by atoms with Crippen molar-refractivity contribution >= 4 is 35.7 Å². The summed E-state index contributed by atoms with van der Waals surface area (Å²) in [6.45, 7) is 12.6. The Labute approximate surface area is 220 Å². The van der Waals surface area contributed by atoms with E-state index in [1.807, 2.05) is 26.2 Å².